The molecular formula is C8H10BrN3O2. The molecule has 0 aromatic carbocycles. The molecule has 0 saturated carbocycles. The molecule has 0 spiro atoms. The van der Waals surface area contributed by atoms with E-state index >= 15 is 0 Å². The Balaban J connectivity index is 2.42. The van der Waals surface area contributed by atoms with Crippen LogP contribution in [0.1, 0.15) is 19.1 Å². The Kier molecular flexibility index (Phi) is 2.56. The molecule has 2 N–H and O–H groups in total. The summed E-state index contributed by atoms with van der Waals surface area (Å²) in [5.41, 5.74) is 5.11. The summed E-state index contributed by atoms with van der Waals surface area (Å²) in [7, 11) is 0. The van der Waals surface area contributed by atoms with Crippen LogP contribution in [0.5, 0.6) is 0 Å². The average Bonchev–Trinajstić information content (AvgIpc) is 2.64. The van der Waals surface area contributed by atoms with Crippen LogP contribution in [0.15, 0.2) is 15.5 Å². The molecule has 2 heterocycles. The zero-order chi connectivity index (χ0) is 10.1. The maximum Gasteiger partial charge on any atom is 0.351 e. The van der Waals surface area contributed by atoms with Crippen molar-refractivity contribution in [1.82, 2.24) is 9.55 Å². The van der Waals surface area contributed by atoms with E-state index in [0.29, 0.717) is 11.1 Å². The lowest BCUT2D eigenvalue weighted by atomic mass is 10.3. The molecule has 0 bridgehead atoms. The number of hydrogen-bond donors (Lipinski definition) is 1. The second-order valence-corrected chi connectivity index (χ2v) is 3.99. The average molecular weight is 260 g/mol. The Morgan fingerprint density at radius 2 is 2.50 bits per heavy atom. The minimum atomic E-state index is -0.363. The van der Waals surface area contributed by atoms with Gasteiger partial charge in [-0.25, -0.2) is 4.79 Å². The molecule has 0 radical (unpaired) electrons. The monoisotopic (exact) mass is 259 g/mol. The molecule has 14 heavy (non-hydrogen) atoms. The van der Waals surface area contributed by atoms with Gasteiger partial charge in [-0.3, -0.25) is 4.57 Å². The van der Waals surface area contributed by atoms with Gasteiger partial charge in [-0.05, 0) is 28.8 Å². The number of aromatic nitrogens is 2. The Bertz CT molecular complexity index is 398. The topological polar surface area (TPSA) is 70.1 Å². The van der Waals surface area contributed by atoms with Gasteiger partial charge in [0.05, 0.1) is 4.47 Å². The first-order chi connectivity index (χ1) is 6.68. The van der Waals surface area contributed by atoms with Crippen LogP contribution in [0.25, 0.3) is 0 Å². The first kappa shape index (κ1) is 9.67. The number of nitrogens with zero attached hydrogens (tertiary/aromatic N) is 2. The van der Waals surface area contributed by atoms with E-state index in [0.717, 1.165) is 12.8 Å². The van der Waals surface area contributed by atoms with E-state index < -0.39 is 0 Å². The van der Waals surface area contributed by atoms with Gasteiger partial charge >= 0.3 is 5.69 Å². The summed E-state index contributed by atoms with van der Waals surface area (Å²) >= 11 is 3.22. The third-order valence-corrected chi connectivity index (χ3v) is 2.76. The highest BCUT2D eigenvalue weighted by Crippen LogP contribution is 2.23. The summed E-state index contributed by atoms with van der Waals surface area (Å²) in [5, 5.41) is 0. The highest BCUT2D eigenvalue weighted by molar-refractivity contribution is 9.10. The molecule has 1 aromatic rings. The first-order valence-corrected chi connectivity index (χ1v) is 5.13. The molecule has 1 aliphatic heterocycles. The highest BCUT2D eigenvalue weighted by Gasteiger charge is 2.19. The quantitative estimate of drug-likeness (QED) is 0.814. The van der Waals surface area contributed by atoms with Gasteiger partial charge in [0.1, 0.15) is 12.0 Å². The fourth-order valence-corrected chi connectivity index (χ4v) is 1.75. The fourth-order valence-electron chi connectivity index (χ4n) is 1.44. The molecule has 0 amide bonds. The molecular weight excluding hydrogens is 250 g/mol. The van der Waals surface area contributed by atoms with Gasteiger partial charge in [0.2, 0.25) is 0 Å². The number of nitrogens with two attached hydrogens (primary N) is 1. The largest absolute Gasteiger partial charge is 0.383 e. The summed E-state index contributed by atoms with van der Waals surface area (Å²) in [6.07, 6.45) is 3.25. The predicted octanol–water partition coefficient (Wildman–Crippen LogP) is 0.897. The SMILES string of the molecule is Nc1nc(=O)n(C2CCCO2)cc1Br. The maximum absolute atomic E-state index is 11.5. The Hall–Kier alpha value is -0.880. The number of anilines is 1. The zero-order valence-corrected chi connectivity index (χ0v) is 9.03. The number of rotatable bonds is 1. The van der Waals surface area contributed by atoms with Crippen molar-refractivity contribution in [2.75, 3.05) is 12.3 Å². The number of hydrogen-bond acceptors (Lipinski definition) is 4. The van der Waals surface area contributed by atoms with Crippen LogP contribution in [-0.2, 0) is 4.74 Å². The van der Waals surface area contributed by atoms with Crippen LogP contribution in [0.2, 0.25) is 0 Å². The fraction of sp³-hybridized carbons (Fsp3) is 0.500. The molecule has 1 atom stereocenters. The maximum atomic E-state index is 11.5. The predicted molar refractivity (Wildman–Crippen MR) is 54.8 cm³/mol. The van der Waals surface area contributed by atoms with Crippen molar-refractivity contribution in [3.63, 3.8) is 0 Å². The van der Waals surface area contributed by atoms with Crippen LogP contribution in [0.4, 0.5) is 5.82 Å². The van der Waals surface area contributed by atoms with Gasteiger partial charge in [-0.1, -0.05) is 0 Å². The Morgan fingerprint density at radius 3 is 3.14 bits per heavy atom. The van der Waals surface area contributed by atoms with Crippen LogP contribution in [0, 0.1) is 0 Å². The molecule has 1 aromatic heterocycles. The Labute approximate surface area is 89.0 Å². The molecule has 6 heteroatoms. The first-order valence-electron chi connectivity index (χ1n) is 4.34. The van der Waals surface area contributed by atoms with Crippen LogP contribution < -0.4 is 11.4 Å². The van der Waals surface area contributed by atoms with Crippen molar-refractivity contribution in [3.05, 3.63) is 21.2 Å². The van der Waals surface area contributed by atoms with Crippen molar-refractivity contribution >= 4 is 21.7 Å². The second kappa shape index (κ2) is 3.70. The number of ether oxygens (including phenoxy) is 1. The summed E-state index contributed by atoms with van der Waals surface area (Å²) in [4.78, 5) is 15.1. The van der Waals surface area contributed by atoms with E-state index in [1.165, 1.54) is 4.57 Å². The van der Waals surface area contributed by atoms with E-state index in [1.54, 1.807) is 6.20 Å². The van der Waals surface area contributed by atoms with Crippen molar-refractivity contribution in [3.8, 4) is 0 Å². The molecule has 2 rings (SSSR count). The molecule has 1 fully saturated rings. The summed E-state index contributed by atoms with van der Waals surface area (Å²) in [6.45, 7) is 0.694. The summed E-state index contributed by atoms with van der Waals surface area (Å²) < 4.78 is 7.46. The summed E-state index contributed by atoms with van der Waals surface area (Å²) in [5.74, 6) is 0.212. The van der Waals surface area contributed by atoms with Crippen molar-refractivity contribution in [1.29, 1.82) is 0 Å². The lowest BCUT2D eigenvalue weighted by Gasteiger charge is -2.12. The van der Waals surface area contributed by atoms with Gasteiger partial charge < -0.3 is 10.5 Å². The van der Waals surface area contributed by atoms with E-state index in [1.807, 2.05) is 0 Å². The van der Waals surface area contributed by atoms with Crippen molar-refractivity contribution in [2.24, 2.45) is 0 Å². The lowest BCUT2D eigenvalue weighted by Crippen LogP contribution is -2.27. The van der Waals surface area contributed by atoms with Crippen LogP contribution in [-0.4, -0.2) is 16.2 Å². The van der Waals surface area contributed by atoms with Gasteiger partial charge in [0.25, 0.3) is 0 Å². The van der Waals surface area contributed by atoms with Crippen LogP contribution >= 0.6 is 15.9 Å². The summed E-state index contributed by atoms with van der Waals surface area (Å²) in [6, 6.07) is 0. The van der Waals surface area contributed by atoms with E-state index in [4.69, 9.17) is 10.5 Å². The second-order valence-electron chi connectivity index (χ2n) is 3.13. The van der Waals surface area contributed by atoms with Gasteiger partial charge in [-0.15, -0.1) is 0 Å². The highest BCUT2D eigenvalue weighted by atomic mass is 79.9. The smallest absolute Gasteiger partial charge is 0.351 e. The molecule has 76 valence electrons. The number of halogens is 1. The van der Waals surface area contributed by atoms with Crippen molar-refractivity contribution < 1.29 is 4.74 Å². The van der Waals surface area contributed by atoms with Crippen molar-refractivity contribution in [2.45, 2.75) is 19.1 Å². The van der Waals surface area contributed by atoms with E-state index in [9.17, 15) is 4.79 Å². The molecule has 1 unspecified atom stereocenters. The minimum Gasteiger partial charge on any atom is -0.383 e. The molecule has 5 nitrogen and oxygen atoms in total. The van der Waals surface area contributed by atoms with Gasteiger partial charge in [0.15, 0.2) is 0 Å². The standard InChI is InChI=1S/C8H10BrN3O2/c9-5-4-12(6-2-1-3-14-6)8(13)11-7(5)10/h4,6H,1-3H2,(H2,10,11,13). The lowest BCUT2D eigenvalue weighted by molar-refractivity contribution is 0.0526. The van der Waals surface area contributed by atoms with Gasteiger partial charge in [-0.2, -0.15) is 4.98 Å². The minimum absolute atomic E-state index is 0.188. The third kappa shape index (κ3) is 1.67. The zero-order valence-electron chi connectivity index (χ0n) is 7.44. The molecule has 1 saturated heterocycles. The third-order valence-electron chi connectivity index (χ3n) is 2.15. The molecule has 0 aliphatic carbocycles. The molecule has 1 aliphatic rings. The van der Waals surface area contributed by atoms with Gasteiger partial charge in [0, 0.05) is 12.8 Å². The number of nitrogen functional groups attached to an aromatic ring is 1. The van der Waals surface area contributed by atoms with E-state index in [-0.39, 0.29) is 17.7 Å². The Morgan fingerprint density at radius 1 is 1.71 bits per heavy atom. The van der Waals surface area contributed by atoms with E-state index in [2.05, 4.69) is 20.9 Å². The van der Waals surface area contributed by atoms with Crippen LogP contribution in [0.3, 0.4) is 0 Å². The normalized spacial score (nSPS) is 21.4.